The number of ether oxygens (including phenoxy) is 1. The standard InChI is InChI=1S/C26H29Cl2F3N2O2S/c1-2-36-32-26(34)21-12-20(16-3-4-16)23(13-22(21)29)35-14-15-5-7-33(8-6-15)24(25(30)31)17-9-18(27)11-19(28)10-17/h9-13,15-16,24-25H,2-8,14H2,1H3,(H,32,34). The Morgan fingerprint density at radius 3 is 2.36 bits per heavy atom. The smallest absolute Gasteiger partial charge is 0.264 e. The lowest BCUT2D eigenvalue weighted by Gasteiger charge is -2.37. The van der Waals surface area contributed by atoms with Crippen molar-refractivity contribution < 1.29 is 22.7 Å². The topological polar surface area (TPSA) is 41.6 Å². The Bertz CT molecular complexity index is 1060. The van der Waals surface area contributed by atoms with Crippen LogP contribution in [0.5, 0.6) is 5.75 Å². The first-order valence-corrected chi connectivity index (χ1v) is 13.9. The lowest BCUT2D eigenvalue weighted by atomic mass is 9.94. The van der Waals surface area contributed by atoms with Crippen LogP contribution in [-0.4, -0.2) is 42.7 Å². The fourth-order valence-corrected chi connectivity index (χ4v) is 5.57. The molecule has 0 spiro atoms. The molecule has 1 amide bonds. The summed E-state index contributed by atoms with van der Waals surface area (Å²) >= 11 is 13.3. The molecule has 4 nitrogen and oxygen atoms in total. The molecule has 1 heterocycles. The van der Waals surface area contributed by atoms with E-state index in [1.165, 1.54) is 36.2 Å². The van der Waals surface area contributed by atoms with E-state index in [9.17, 15) is 18.0 Å². The van der Waals surface area contributed by atoms with Gasteiger partial charge in [-0.1, -0.05) is 42.1 Å². The molecule has 2 aliphatic rings. The molecule has 2 fully saturated rings. The number of likely N-dealkylation sites (tertiary alicyclic amines) is 1. The van der Waals surface area contributed by atoms with Crippen LogP contribution in [0.25, 0.3) is 0 Å². The van der Waals surface area contributed by atoms with Gasteiger partial charge in [0.05, 0.1) is 18.2 Å². The maximum absolute atomic E-state index is 14.7. The number of hydrogen-bond acceptors (Lipinski definition) is 4. The molecule has 1 saturated carbocycles. The number of hydrogen-bond donors (Lipinski definition) is 1. The minimum Gasteiger partial charge on any atom is -0.493 e. The number of carbonyl (C=O) groups excluding carboxylic acids is 1. The van der Waals surface area contributed by atoms with Crippen molar-refractivity contribution >= 4 is 41.1 Å². The average molecular weight is 561 g/mol. The van der Waals surface area contributed by atoms with Gasteiger partial charge in [-0.3, -0.25) is 14.4 Å². The Kier molecular flexibility index (Phi) is 9.36. The lowest BCUT2D eigenvalue weighted by molar-refractivity contribution is 0.00318. The summed E-state index contributed by atoms with van der Waals surface area (Å²) in [5, 5.41) is 0.663. The van der Waals surface area contributed by atoms with Crippen LogP contribution in [0, 0.1) is 11.7 Å². The number of alkyl halides is 2. The van der Waals surface area contributed by atoms with Crippen molar-refractivity contribution in [3.63, 3.8) is 0 Å². The minimum absolute atomic E-state index is 0.0256. The molecular weight excluding hydrogens is 532 g/mol. The average Bonchev–Trinajstić information content (AvgIpc) is 3.67. The molecule has 0 radical (unpaired) electrons. The van der Waals surface area contributed by atoms with E-state index in [4.69, 9.17) is 27.9 Å². The predicted molar refractivity (Wildman–Crippen MR) is 139 cm³/mol. The van der Waals surface area contributed by atoms with E-state index < -0.39 is 24.2 Å². The number of piperidine rings is 1. The summed E-state index contributed by atoms with van der Waals surface area (Å²) in [5.41, 5.74) is 1.29. The molecule has 0 bridgehead atoms. The normalized spacial score (nSPS) is 17.9. The van der Waals surface area contributed by atoms with Crippen molar-refractivity contribution in [2.24, 2.45) is 5.92 Å². The maximum Gasteiger partial charge on any atom is 0.264 e. The Labute approximate surface area is 224 Å². The third kappa shape index (κ3) is 6.82. The lowest BCUT2D eigenvalue weighted by Crippen LogP contribution is -2.40. The van der Waals surface area contributed by atoms with Crippen LogP contribution in [0.15, 0.2) is 30.3 Å². The molecule has 0 aromatic heterocycles. The van der Waals surface area contributed by atoms with Gasteiger partial charge < -0.3 is 4.74 Å². The van der Waals surface area contributed by atoms with Crippen molar-refractivity contribution in [1.29, 1.82) is 0 Å². The van der Waals surface area contributed by atoms with Crippen molar-refractivity contribution in [2.45, 2.75) is 51.0 Å². The Hall–Kier alpha value is -1.61. The predicted octanol–water partition coefficient (Wildman–Crippen LogP) is 7.51. The van der Waals surface area contributed by atoms with E-state index in [-0.39, 0.29) is 17.4 Å². The molecule has 1 atom stereocenters. The maximum atomic E-state index is 14.7. The van der Waals surface area contributed by atoms with Gasteiger partial charge in [0.15, 0.2) is 0 Å². The van der Waals surface area contributed by atoms with E-state index in [1.54, 1.807) is 11.0 Å². The van der Waals surface area contributed by atoms with E-state index in [0.717, 1.165) is 18.4 Å². The minimum atomic E-state index is -2.58. The highest BCUT2D eigenvalue weighted by Gasteiger charge is 2.34. The van der Waals surface area contributed by atoms with Gasteiger partial charge >= 0.3 is 0 Å². The van der Waals surface area contributed by atoms with Crippen LogP contribution >= 0.6 is 35.1 Å². The highest BCUT2D eigenvalue weighted by molar-refractivity contribution is 7.97. The number of nitrogens with zero attached hydrogens (tertiary/aromatic N) is 1. The molecule has 2 aromatic carbocycles. The summed E-state index contributed by atoms with van der Waals surface area (Å²) in [4.78, 5) is 14.1. The molecule has 2 aromatic rings. The summed E-state index contributed by atoms with van der Waals surface area (Å²) < 4.78 is 51.4. The van der Waals surface area contributed by atoms with Crippen molar-refractivity contribution in [2.75, 3.05) is 25.4 Å². The fraction of sp³-hybridized carbons (Fsp3) is 0.500. The first-order chi connectivity index (χ1) is 17.3. The SMILES string of the molecule is CCSNC(=O)c1cc(C2CC2)c(OCC2CCN(C(c3cc(Cl)cc(Cl)c3)C(F)F)CC2)cc1F. The summed E-state index contributed by atoms with van der Waals surface area (Å²) in [6.45, 7) is 3.22. The second kappa shape index (κ2) is 12.3. The van der Waals surface area contributed by atoms with Gasteiger partial charge in [-0.15, -0.1) is 0 Å². The molecule has 1 unspecified atom stereocenters. The first-order valence-electron chi connectivity index (χ1n) is 12.1. The summed E-state index contributed by atoms with van der Waals surface area (Å²) in [6, 6.07) is 6.45. The van der Waals surface area contributed by atoms with Gasteiger partial charge in [-0.2, -0.15) is 0 Å². The van der Waals surface area contributed by atoms with Crippen molar-refractivity contribution in [3.05, 3.63) is 62.9 Å². The molecule has 4 rings (SSSR count). The number of carbonyl (C=O) groups is 1. The zero-order valence-corrected chi connectivity index (χ0v) is 22.2. The number of amides is 1. The third-order valence-electron chi connectivity index (χ3n) is 6.65. The van der Waals surface area contributed by atoms with Gasteiger partial charge in [0.1, 0.15) is 11.6 Å². The van der Waals surface area contributed by atoms with Gasteiger partial charge in [0.25, 0.3) is 12.3 Å². The van der Waals surface area contributed by atoms with Crippen molar-refractivity contribution in [3.8, 4) is 5.75 Å². The fourth-order valence-electron chi connectivity index (χ4n) is 4.64. The Morgan fingerprint density at radius 1 is 1.11 bits per heavy atom. The second-order valence-electron chi connectivity index (χ2n) is 9.28. The number of halogens is 5. The monoisotopic (exact) mass is 560 g/mol. The summed E-state index contributed by atoms with van der Waals surface area (Å²) in [7, 11) is 0. The van der Waals surface area contributed by atoms with Crippen LogP contribution in [0.3, 0.4) is 0 Å². The third-order valence-corrected chi connectivity index (χ3v) is 7.71. The van der Waals surface area contributed by atoms with Crippen LogP contribution in [0.1, 0.15) is 66.1 Å². The van der Waals surface area contributed by atoms with Crippen LogP contribution in [0.4, 0.5) is 13.2 Å². The zero-order chi connectivity index (χ0) is 25.8. The first kappa shape index (κ1) is 27.4. The van der Waals surface area contributed by atoms with E-state index >= 15 is 0 Å². The second-order valence-corrected chi connectivity index (χ2v) is 11.2. The highest BCUT2D eigenvalue weighted by atomic mass is 35.5. The molecular formula is C26H29Cl2F3N2O2S. The van der Waals surface area contributed by atoms with Gasteiger partial charge in [0, 0.05) is 21.9 Å². The zero-order valence-electron chi connectivity index (χ0n) is 19.9. The number of benzene rings is 2. The Balaban J connectivity index is 1.39. The summed E-state index contributed by atoms with van der Waals surface area (Å²) in [6.07, 6.45) is 0.727. The molecule has 1 N–H and O–H groups in total. The molecule has 1 aliphatic heterocycles. The van der Waals surface area contributed by atoms with E-state index in [1.807, 2.05) is 6.92 Å². The molecule has 10 heteroatoms. The molecule has 1 aliphatic carbocycles. The Morgan fingerprint density at radius 2 is 1.78 bits per heavy atom. The van der Waals surface area contributed by atoms with E-state index in [0.29, 0.717) is 59.6 Å². The van der Waals surface area contributed by atoms with Crippen LogP contribution in [0.2, 0.25) is 10.0 Å². The number of nitrogens with one attached hydrogen (secondary N) is 1. The van der Waals surface area contributed by atoms with Gasteiger partial charge in [-0.25, -0.2) is 13.2 Å². The highest BCUT2D eigenvalue weighted by Crippen LogP contribution is 2.45. The van der Waals surface area contributed by atoms with Crippen LogP contribution < -0.4 is 9.46 Å². The molecule has 196 valence electrons. The largest absolute Gasteiger partial charge is 0.493 e. The van der Waals surface area contributed by atoms with Crippen LogP contribution in [-0.2, 0) is 0 Å². The van der Waals surface area contributed by atoms with Gasteiger partial charge in [-0.05, 0) is 86.0 Å². The summed E-state index contributed by atoms with van der Waals surface area (Å²) in [5.74, 6) is 0.517. The van der Waals surface area contributed by atoms with E-state index in [2.05, 4.69) is 4.72 Å². The van der Waals surface area contributed by atoms with Crippen molar-refractivity contribution in [1.82, 2.24) is 9.62 Å². The molecule has 1 saturated heterocycles. The quantitative estimate of drug-likeness (QED) is 0.305. The molecule has 36 heavy (non-hydrogen) atoms. The van der Waals surface area contributed by atoms with Gasteiger partial charge in [0.2, 0.25) is 0 Å². The number of rotatable bonds is 10.